The molecule has 0 saturated carbocycles. The van der Waals surface area contributed by atoms with E-state index in [1.165, 1.54) is 30.2 Å². The molecule has 1 aliphatic rings. The minimum atomic E-state index is -0.124. The van der Waals surface area contributed by atoms with Crippen molar-refractivity contribution in [1.29, 1.82) is 0 Å². The van der Waals surface area contributed by atoms with E-state index in [9.17, 15) is 9.59 Å². The molecule has 3 aromatic rings. The van der Waals surface area contributed by atoms with Crippen LogP contribution in [0, 0.1) is 6.92 Å². The van der Waals surface area contributed by atoms with Crippen LogP contribution in [0.5, 0.6) is 0 Å². The lowest BCUT2D eigenvalue weighted by atomic mass is 9.97. The van der Waals surface area contributed by atoms with Crippen molar-refractivity contribution in [3.05, 3.63) is 76.1 Å². The quantitative estimate of drug-likeness (QED) is 0.330. The van der Waals surface area contributed by atoms with Crippen molar-refractivity contribution in [3.63, 3.8) is 0 Å². The van der Waals surface area contributed by atoms with Crippen LogP contribution in [0.1, 0.15) is 37.7 Å². The molecule has 1 aromatic heterocycles. The van der Waals surface area contributed by atoms with Gasteiger partial charge in [0, 0.05) is 6.54 Å². The second kappa shape index (κ2) is 9.96. The highest BCUT2D eigenvalue weighted by atomic mass is 32.2. The fraction of sp³-hybridized carbons (Fsp3) is 0.320. The van der Waals surface area contributed by atoms with Gasteiger partial charge in [-0.1, -0.05) is 53.2 Å². The van der Waals surface area contributed by atoms with Crippen molar-refractivity contribution < 1.29 is 4.79 Å². The van der Waals surface area contributed by atoms with E-state index in [0.717, 1.165) is 30.5 Å². The number of rotatable bonds is 7. The van der Waals surface area contributed by atoms with Crippen LogP contribution in [0.15, 0.2) is 70.1 Å². The molecule has 6 heteroatoms. The van der Waals surface area contributed by atoms with Gasteiger partial charge in [-0.25, -0.2) is 4.98 Å². The highest BCUT2D eigenvalue weighted by Crippen LogP contribution is 2.22. The summed E-state index contributed by atoms with van der Waals surface area (Å²) in [7, 11) is 0. The molecule has 0 unspecified atom stereocenters. The maximum absolute atomic E-state index is 13.2. The molecule has 0 fully saturated rings. The van der Waals surface area contributed by atoms with Gasteiger partial charge in [0.15, 0.2) is 5.16 Å². The molecule has 5 nitrogen and oxygen atoms in total. The number of thioether (sulfide) groups is 1. The second-order valence-corrected chi connectivity index (χ2v) is 8.83. The summed E-state index contributed by atoms with van der Waals surface area (Å²) in [5.41, 5.74) is 3.83. The molecule has 160 valence electrons. The first-order chi connectivity index (χ1) is 15.1. The van der Waals surface area contributed by atoms with Gasteiger partial charge in [-0.2, -0.15) is 0 Å². The van der Waals surface area contributed by atoms with Crippen molar-refractivity contribution in [1.82, 2.24) is 14.9 Å². The highest BCUT2D eigenvalue weighted by molar-refractivity contribution is 7.99. The Bertz CT molecular complexity index is 1170. The molecule has 2 aromatic carbocycles. The zero-order valence-electron chi connectivity index (χ0n) is 17.8. The lowest BCUT2D eigenvalue weighted by Crippen LogP contribution is -2.27. The van der Waals surface area contributed by atoms with E-state index >= 15 is 0 Å². The maximum Gasteiger partial charge on any atom is 0.266 e. The van der Waals surface area contributed by atoms with Gasteiger partial charge in [0.05, 0.1) is 22.3 Å². The number of aryl methyl sites for hydroxylation is 1. The Morgan fingerprint density at radius 1 is 1.13 bits per heavy atom. The van der Waals surface area contributed by atoms with Gasteiger partial charge in [-0.15, -0.1) is 0 Å². The molecule has 4 rings (SSSR count). The van der Waals surface area contributed by atoms with Crippen molar-refractivity contribution in [2.75, 3.05) is 12.3 Å². The summed E-state index contributed by atoms with van der Waals surface area (Å²) in [5, 5.41) is 4.10. The van der Waals surface area contributed by atoms with Gasteiger partial charge in [0.25, 0.3) is 5.56 Å². The Morgan fingerprint density at radius 2 is 1.94 bits per heavy atom. The number of benzene rings is 2. The average molecular weight is 434 g/mol. The van der Waals surface area contributed by atoms with E-state index in [1.807, 2.05) is 49.4 Å². The summed E-state index contributed by atoms with van der Waals surface area (Å²) in [6.45, 7) is 2.66. The van der Waals surface area contributed by atoms with Gasteiger partial charge in [-0.3, -0.25) is 14.2 Å². The SMILES string of the molecule is Cc1ccc(-n2c(SCC(=O)NCCC3=CCCCC3)nc3ccccc3c2=O)cc1. The number of nitrogens with zero attached hydrogens (tertiary/aromatic N) is 2. The number of hydrogen-bond acceptors (Lipinski definition) is 4. The van der Waals surface area contributed by atoms with Crippen LogP contribution >= 0.6 is 11.8 Å². The molecule has 0 bridgehead atoms. The maximum atomic E-state index is 13.2. The monoisotopic (exact) mass is 433 g/mol. The van der Waals surface area contributed by atoms with E-state index in [4.69, 9.17) is 4.98 Å². The number of amides is 1. The highest BCUT2D eigenvalue weighted by Gasteiger charge is 2.15. The average Bonchev–Trinajstić information content (AvgIpc) is 2.79. The van der Waals surface area contributed by atoms with Crippen LogP contribution in [0.25, 0.3) is 16.6 Å². The molecular formula is C25H27N3O2S. The van der Waals surface area contributed by atoms with Crippen LogP contribution in [0.3, 0.4) is 0 Å². The minimum Gasteiger partial charge on any atom is -0.355 e. The third kappa shape index (κ3) is 5.25. The molecule has 1 aliphatic carbocycles. The van der Waals surface area contributed by atoms with Gasteiger partial charge in [0.1, 0.15) is 0 Å². The van der Waals surface area contributed by atoms with Gasteiger partial charge in [-0.05, 0) is 63.3 Å². The standard InChI is InChI=1S/C25H27N3O2S/c1-18-11-13-20(14-12-18)28-24(30)21-9-5-6-10-22(21)27-25(28)31-17-23(29)26-16-15-19-7-3-2-4-8-19/h5-7,9-14H,2-4,8,15-17H2,1H3,(H,26,29). The number of fused-ring (bicyclic) bond motifs is 1. The first-order valence-electron chi connectivity index (χ1n) is 10.8. The van der Waals surface area contributed by atoms with E-state index in [1.54, 1.807) is 10.6 Å². The molecule has 0 aliphatic heterocycles. The number of aromatic nitrogens is 2. The van der Waals surface area contributed by atoms with E-state index in [-0.39, 0.29) is 17.2 Å². The zero-order chi connectivity index (χ0) is 21.6. The van der Waals surface area contributed by atoms with Gasteiger partial charge >= 0.3 is 0 Å². The Labute approximate surface area is 186 Å². The van der Waals surface area contributed by atoms with Crippen LogP contribution in [0.2, 0.25) is 0 Å². The number of hydrogen-bond donors (Lipinski definition) is 1. The number of allylic oxidation sites excluding steroid dienone is 1. The van der Waals surface area contributed by atoms with Crippen molar-refractivity contribution in [2.24, 2.45) is 0 Å². The van der Waals surface area contributed by atoms with E-state index < -0.39 is 0 Å². The van der Waals surface area contributed by atoms with Crippen LogP contribution in [0.4, 0.5) is 0 Å². The molecular weight excluding hydrogens is 406 g/mol. The lowest BCUT2D eigenvalue weighted by molar-refractivity contribution is -0.118. The Balaban J connectivity index is 1.51. The Kier molecular flexibility index (Phi) is 6.87. The predicted molar refractivity (Wildman–Crippen MR) is 127 cm³/mol. The molecule has 0 saturated heterocycles. The summed E-state index contributed by atoms with van der Waals surface area (Å²) < 4.78 is 1.60. The molecule has 1 amide bonds. The second-order valence-electron chi connectivity index (χ2n) is 7.88. The van der Waals surface area contributed by atoms with Gasteiger partial charge < -0.3 is 5.32 Å². The van der Waals surface area contributed by atoms with Crippen LogP contribution in [-0.4, -0.2) is 27.8 Å². The third-order valence-corrected chi connectivity index (χ3v) is 6.46. The summed E-state index contributed by atoms with van der Waals surface area (Å²) in [5.74, 6) is 0.176. The summed E-state index contributed by atoms with van der Waals surface area (Å²) in [6.07, 6.45) is 8.05. The first kappa shape index (κ1) is 21.4. The minimum absolute atomic E-state index is 0.0423. The summed E-state index contributed by atoms with van der Waals surface area (Å²) in [4.78, 5) is 30.4. The third-order valence-electron chi connectivity index (χ3n) is 5.52. The van der Waals surface area contributed by atoms with Crippen LogP contribution < -0.4 is 10.9 Å². The topological polar surface area (TPSA) is 64.0 Å². The van der Waals surface area contributed by atoms with Crippen molar-refractivity contribution in [2.45, 2.75) is 44.2 Å². The molecule has 1 N–H and O–H groups in total. The smallest absolute Gasteiger partial charge is 0.266 e. The zero-order valence-corrected chi connectivity index (χ0v) is 18.6. The summed E-state index contributed by atoms with van der Waals surface area (Å²) in [6, 6.07) is 15.1. The Morgan fingerprint density at radius 3 is 2.71 bits per heavy atom. The van der Waals surface area contributed by atoms with Crippen LogP contribution in [-0.2, 0) is 4.79 Å². The molecule has 1 heterocycles. The van der Waals surface area contributed by atoms with E-state index in [0.29, 0.717) is 22.6 Å². The molecule has 0 atom stereocenters. The largest absolute Gasteiger partial charge is 0.355 e. The number of carbonyl (C=O) groups is 1. The number of para-hydroxylation sites is 1. The molecule has 0 radical (unpaired) electrons. The van der Waals surface area contributed by atoms with Crippen molar-refractivity contribution >= 4 is 28.6 Å². The fourth-order valence-electron chi connectivity index (χ4n) is 3.81. The molecule has 0 spiro atoms. The molecule has 31 heavy (non-hydrogen) atoms. The number of carbonyl (C=O) groups excluding carboxylic acids is 1. The summed E-state index contributed by atoms with van der Waals surface area (Å²) >= 11 is 1.29. The van der Waals surface area contributed by atoms with Gasteiger partial charge in [0.2, 0.25) is 5.91 Å². The first-order valence-corrected chi connectivity index (χ1v) is 11.8. The normalized spacial score (nSPS) is 13.8. The lowest BCUT2D eigenvalue weighted by Gasteiger charge is -2.14. The Hall–Kier alpha value is -2.86. The van der Waals surface area contributed by atoms with Crippen molar-refractivity contribution in [3.8, 4) is 5.69 Å². The van der Waals surface area contributed by atoms with E-state index in [2.05, 4.69) is 11.4 Å². The fourth-order valence-corrected chi connectivity index (χ4v) is 4.65. The predicted octanol–water partition coefficient (Wildman–Crippen LogP) is 4.79. The number of nitrogens with one attached hydrogen (secondary N) is 1.